The van der Waals surface area contributed by atoms with E-state index in [1.807, 2.05) is 25.8 Å². The van der Waals surface area contributed by atoms with Crippen molar-refractivity contribution >= 4 is 17.5 Å². The van der Waals surface area contributed by atoms with Gasteiger partial charge in [-0.2, -0.15) is 0 Å². The van der Waals surface area contributed by atoms with Crippen LogP contribution in [0.4, 0.5) is 4.39 Å². The van der Waals surface area contributed by atoms with Crippen molar-refractivity contribution in [2.75, 3.05) is 13.6 Å². The third kappa shape index (κ3) is 4.27. The third-order valence-corrected chi connectivity index (χ3v) is 3.07. The van der Waals surface area contributed by atoms with Crippen LogP contribution in [-0.2, 0) is 11.3 Å². The van der Waals surface area contributed by atoms with Crippen molar-refractivity contribution < 1.29 is 9.18 Å². The van der Waals surface area contributed by atoms with Crippen molar-refractivity contribution in [1.82, 2.24) is 10.2 Å². The molecule has 0 aliphatic rings. The van der Waals surface area contributed by atoms with Crippen LogP contribution in [-0.4, -0.2) is 30.4 Å². The second-order valence-electron chi connectivity index (χ2n) is 4.50. The van der Waals surface area contributed by atoms with Crippen LogP contribution < -0.4 is 5.32 Å². The normalized spacial score (nSPS) is 11.1. The lowest BCUT2D eigenvalue weighted by molar-refractivity contribution is -0.122. The van der Waals surface area contributed by atoms with Crippen LogP contribution in [0.2, 0.25) is 5.02 Å². The molecule has 0 fully saturated rings. The van der Waals surface area contributed by atoms with Gasteiger partial charge in [0.15, 0.2) is 0 Å². The lowest BCUT2D eigenvalue weighted by atomic mass is 10.2. The monoisotopic (exact) mass is 272 g/mol. The fourth-order valence-corrected chi connectivity index (χ4v) is 1.54. The molecule has 0 aliphatic carbocycles. The van der Waals surface area contributed by atoms with Gasteiger partial charge in [-0.25, -0.2) is 4.39 Å². The molecule has 0 spiro atoms. The van der Waals surface area contributed by atoms with Gasteiger partial charge in [-0.05, 0) is 27.0 Å². The molecule has 5 heteroatoms. The van der Waals surface area contributed by atoms with Crippen molar-refractivity contribution in [2.24, 2.45) is 0 Å². The Labute approximate surface area is 112 Å². The summed E-state index contributed by atoms with van der Waals surface area (Å²) in [5, 5.41) is 2.74. The predicted octanol–water partition coefficient (Wildman–Crippen LogP) is 2.44. The van der Waals surface area contributed by atoms with E-state index in [0.29, 0.717) is 18.2 Å². The first-order valence-electron chi connectivity index (χ1n) is 5.81. The molecule has 0 atom stereocenters. The van der Waals surface area contributed by atoms with E-state index in [1.54, 1.807) is 12.1 Å². The summed E-state index contributed by atoms with van der Waals surface area (Å²) < 4.78 is 13.5. The second kappa shape index (κ2) is 6.71. The van der Waals surface area contributed by atoms with Crippen LogP contribution in [0.25, 0.3) is 0 Å². The Hall–Kier alpha value is -1.13. The molecule has 0 aliphatic heterocycles. The van der Waals surface area contributed by atoms with E-state index >= 15 is 0 Å². The van der Waals surface area contributed by atoms with Gasteiger partial charge in [-0.15, -0.1) is 0 Å². The summed E-state index contributed by atoms with van der Waals surface area (Å²) in [6, 6.07) is 5.04. The van der Waals surface area contributed by atoms with Gasteiger partial charge in [0, 0.05) is 18.2 Å². The Bertz CT molecular complexity index is 423. The number of likely N-dealkylation sites (N-methyl/N-ethyl adjacent to an activating group) is 1. The van der Waals surface area contributed by atoms with Crippen LogP contribution in [0.1, 0.15) is 19.4 Å². The number of nitrogens with one attached hydrogen (secondary N) is 1. The average Bonchev–Trinajstić information content (AvgIpc) is 2.31. The number of rotatable bonds is 5. The maximum atomic E-state index is 13.5. The van der Waals surface area contributed by atoms with E-state index in [1.165, 1.54) is 6.07 Å². The molecular formula is C13H18ClFN2O. The molecule has 1 rings (SSSR count). The molecule has 0 radical (unpaired) electrons. The van der Waals surface area contributed by atoms with Crippen LogP contribution >= 0.6 is 11.6 Å². The summed E-state index contributed by atoms with van der Waals surface area (Å²) in [5.74, 6) is -0.609. The van der Waals surface area contributed by atoms with Crippen LogP contribution in [0.15, 0.2) is 18.2 Å². The van der Waals surface area contributed by atoms with Gasteiger partial charge in [0.1, 0.15) is 5.82 Å². The molecule has 1 aromatic carbocycles. The van der Waals surface area contributed by atoms with Crippen LogP contribution in [0.5, 0.6) is 0 Å². The van der Waals surface area contributed by atoms with E-state index in [0.717, 1.165) is 0 Å². The van der Waals surface area contributed by atoms with Crippen molar-refractivity contribution in [1.29, 1.82) is 0 Å². The minimum Gasteiger partial charge on any atom is -0.351 e. The molecule has 1 amide bonds. The first kappa shape index (κ1) is 14.9. The number of halogens is 2. The molecular weight excluding hydrogens is 255 g/mol. The van der Waals surface area contributed by atoms with Crippen LogP contribution in [0.3, 0.4) is 0 Å². The highest BCUT2D eigenvalue weighted by atomic mass is 35.5. The van der Waals surface area contributed by atoms with Gasteiger partial charge in [0.05, 0.1) is 11.6 Å². The van der Waals surface area contributed by atoms with E-state index in [9.17, 15) is 9.18 Å². The lowest BCUT2D eigenvalue weighted by Crippen LogP contribution is -2.38. The van der Waals surface area contributed by atoms with Gasteiger partial charge in [-0.1, -0.05) is 23.7 Å². The van der Waals surface area contributed by atoms with Crippen molar-refractivity contribution in [3.63, 3.8) is 0 Å². The minimum atomic E-state index is -0.475. The smallest absolute Gasteiger partial charge is 0.234 e. The Morgan fingerprint density at radius 3 is 2.78 bits per heavy atom. The number of nitrogens with zero attached hydrogens (tertiary/aromatic N) is 1. The molecule has 0 unspecified atom stereocenters. The molecule has 0 saturated carbocycles. The molecule has 3 nitrogen and oxygen atoms in total. The predicted molar refractivity (Wildman–Crippen MR) is 71.0 cm³/mol. The highest BCUT2D eigenvalue weighted by Gasteiger charge is 2.11. The van der Waals surface area contributed by atoms with Crippen molar-refractivity contribution in [3.8, 4) is 0 Å². The van der Waals surface area contributed by atoms with Gasteiger partial charge >= 0.3 is 0 Å². The summed E-state index contributed by atoms with van der Waals surface area (Å²) in [5.41, 5.74) is 0.392. The number of hydrogen-bond acceptors (Lipinski definition) is 2. The average molecular weight is 273 g/mol. The van der Waals surface area contributed by atoms with Gasteiger partial charge < -0.3 is 5.32 Å². The first-order chi connectivity index (χ1) is 8.41. The maximum absolute atomic E-state index is 13.5. The highest BCUT2D eigenvalue weighted by Crippen LogP contribution is 2.17. The number of benzene rings is 1. The van der Waals surface area contributed by atoms with E-state index in [4.69, 9.17) is 11.6 Å². The summed E-state index contributed by atoms with van der Waals surface area (Å²) in [6.07, 6.45) is 0. The topological polar surface area (TPSA) is 32.3 Å². The quantitative estimate of drug-likeness (QED) is 0.893. The van der Waals surface area contributed by atoms with Gasteiger partial charge in [0.25, 0.3) is 0 Å². The Kier molecular flexibility index (Phi) is 5.56. The third-order valence-electron chi connectivity index (χ3n) is 2.78. The second-order valence-corrected chi connectivity index (χ2v) is 4.91. The van der Waals surface area contributed by atoms with Gasteiger partial charge in [-0.3, -0.25) is 9.69 Å². The van der Waals surface area contributed by atoms with E-state index in [2.05, 4.69) is 5.32 Å². The standard InChI is InChI=1S/C13H18ClFN2O/c1-9(2)17(3)8-12(18)16-7-10-5-4-6-11(14)13(10)15/h4-6,9H,7-8H2,1-3H3,(H,16,18). The zero-order valence-electron chi connectivity index (χ0n) is 10.8. The largest absolute Gasteiger partial charge is 0.351 e. The summed E-state index contributed by atoms with van der Waals surface area (Å²) in [4.78, 5) is 13.5. The molecule has 1 N–H and O–H groups in total. The van der Waals surface area contributed by atoms with Crippen LogP contribution in [0, 0.1) is 5.82 Å². The molecule has 18 heavy (non-hydrogen) atoms. The summed E-state index contributed by atoms with van der Waals surface area (Å²) in [6.45, 7) is 4.45. The number of amides is 1. The van der Waals surface area contributed by atoms with E-state index < -0.39 is 5.82 Å². The molecule has 0 saturated heterocycles. The summed E-state index contributed by atoms with van der Waals surface area (Å²) >= 11 is 5.66. The fraction of sp³-hybridized carbons (Fsp3) is 0.462. The Morgan fingerprint density at radius 2 is 2.17 bits per heavy atom. The highest BCUT2D eigenvalue weighted by molar-refractivity contribution is 6.30. The summed E-state index contributed by atoms with van der Waals surface area (Å²) in [7, 11) is 1.87. The lowest BCUT2D eigenvalue weighted by Gasteiger charge is -2.20. The Morgan fingerprint density at radius 1 is 1.50 bits per heavy atom. The number of carbonyl (C=O) groups is 1. The zero-order chi connectivity index (χ0) is 13.7. The van der Waals surface area contributed by atoms with Crippen molar-refractivity contribution in [2.45, 2.75) is 26.4 Å². The SMILES string of the molecule is CC(C)N(C)CC(=O)NCc1cccc(Cl)c1F. The first-order valence-corrected chi connectivity index (χ1v) is 6.19. The molecule has 0 bridgehead atoms. The molecule has 1 aromatic rings. The molecule has 0 heterocycles. The Balaban J connectivity index is 2.50. The fourth-order valence-electron chi connectivity index (χ4n) is 1.34. The van der Waals surface area contributed by atoms with Gasteiger partial charge in [0.2, 0.25) is 5.91 Å². The number of carbonyl (C=O) groups excluding carboxylic acids is 1. The number of hydrogen-bond donors (Lipinski definition) is 1. The van der Waals surface area contributed by atoms with E-state index in [-0.39, 0.29) is 17.5 Å². The molecule has 100 valence electrons. The maximum Gasteiger partial charge on any atom is 0.234 e. The molecule has 0 aromatic heterocycles. The van der Waals surface area contributed by atoms with Crippen molar-refractivity contribution in [3.05, 3.63) is 34.6 Å². The zero-order valence-corrected chi connectivity index (χ0v) is 11.6. The minimum absolute atomic E-state index is 0.0704.